The molecule has 0 bridgehead atoms. The van der Waals surface area contributed by atoms with E-state index < -0.39 is 29.8 Å². The van der Waals surface area contributed by atoms with E-state index in [1.165, 1.54) is 25.1 Å². The molecule has 0 atom stereocenters. The van der Waals surface area contributed by atoms with Gasteiger partial charge in [-0.3, -0.25) is 14.9 Å². The highest BCUT2D eigenvalue weighted by Crippen LogP contribution is 2.14. The summed E-state index contributed by atoms with van der Waals surface area (Å²) in [5, 5.41) is 37.3. The normalized spacial score (nSPS) is 9.39. The predicted molar refractivity (Wildman–Crippen MR) is 111 cm³/mol. The summed E-state index contributed by atoms with van der Waals surface area (Å²) < 4.78 is 0. The predicted octanol–water partition coefficient (Wildman–Crippen LogP) is 1.27. The number of nitrogens with two attached hydrogens (primary N) is 1. The summed E-state index contributed by atoms with van der Waals surface area (Å²) in [6, 6.07) is 9.10. The summed E-state index contributed by atoms with van der Waals surface area (Å²) in [4.78, 5) is 59.0. The molecule has 2 aromatic rings. The first-order valence-corrected chi connectivity index (χ1v) is 8.77. The summed E-state index contributed by atoms with van der Waals surface area (Å²) >= 11 is 0. The Kier molecular flexibility index (Phi) is 9.73. The Bertz CT molecular complexity index is 1160. The van der Waals surface area contributed by atoms with Crippen LogP contribution in [0.3, 0.4) is 0 Å². The zero-order valence-electron chi connectivity index (χ0n) is 17.0. The standard InChI is InChI=1S/C12H9NO5.C9H9NO5/c1-2-5-13-10(14)9-6-7(11(15)16)3-4-8(9)12(17)18;10-15-4-6-3-5(8(11)12)1-2-7(6)9(13)14/h3-4,6H,1H3,(H,13,14)(H,15,16)(H,17,18);1-3H,4,10H2,(H,11,12)(H,13,14). The zero-order chi connectivity index (χ0) is 25.1. The van der Waals surface area contributed by atoms with Crippen molar-refractivity contribution >= 4 is 29.8 Å². The second kappa shape index (κ2) is 12.2. The third-order valence-electron chi connectivity index (χ3n) is 3.86. The van der Waals surface area contributed by atoms with Gasteiger partial charge in [0.2, 0.25) is 0 Å². The molecule has 0 spiro atoms. The molecule has 0 aliphatic heterocycles. The van der Waals surface area contributed by atoms with E-state index >= 15 is 0 Å². The van der Waals surface area contributed by atoms with Crippen LogP contribution in [0.4, 0.5) is 0 Å². The van der Waals surface area contributed by atoms with Crippen molar-refractivity contribution in [3.8, 4) is 12.0 Å². The van der Waals surface area contributed by atoms with Crippen LogP contribution in [0.15, 0.2) is 36.4 Å². The van der Waals surface area contributed by atoms with Gasteiger partial charge in [-0.15, -0.1) is 0 Å². The van der Waals surface area contributed by atoms with Crippen molar-refractivity contribution in [3.05, 3.63) is 69.8 Å². The number of carbonyl (C=O) groups is 5. The Morgan fingerprint density at radius 3 is 1.79 bits per heavy atom. The number of amides is 1. The lowest BCUT2D eigenvalue weighted by molar-refractivity contribution is 0.0673. The second-order valence-electron chi connectivity index (χ2n) is 5.99. The number of aromatic carboxylic acids is 4. The van der Waals surface area contributed by atoms with E-state index in [1.54, 1.807) is 0 Å². The monoisotopic (exact) mass is 458 g/mol. The van der Waals surface area contributed by atoms with E-state index in [0.717, 1.165) is 18.2 Å². The van der Waals surface area contributed by atoms with E-state index in [9.17, 15) is 24.0 Å². The third-order valence-corrected chi connectivity index (χ3v) is 3.86. The lowest BCUT2D eigenvalue weighted by Crippen LogP contribution is -2.21. The van der Waals surface area contributed by atoms with Gasteiger partial charge in [-0.25, -0.2) is 25.1 Å². The lowest BCUT2D eigenvalue weighted by Gasteiger charge is -2.05. The minimum atomic E-state index is -1.32. The van der Waals surface area contributed by atoms with Gasteiger partial charge in [0.25, 0.3) is 5.91 Å². The minimum absolute atomic E-state index is 0.00736. The van der Waals surface area contributed by atoms with Gasteiger partial charge in [0, 0.05) is 6.04 Å². The molecule has 33 heavy (non-hydrogen) atoms. The van der Waals surface area contributed by atoms with E-state index in [4.69, 9.17) is 26.3 Å². The van der Waals surface area contributed by atoms with Crippen LogP contribution in [0.2, 0.25) is 0 Å². The lowest BCUT2D eigenvalue weighted by atomic mass is 10.0. The van der Waals surface area contributed by atoms with Crippen LogP contribution in [-0.2, 0) is 11.4 Å². The van der Waals surface area contributed by atoms with Crippen LogP contribution < -0.4 is 11.2 Å². The van der Waals surface area contributed by atoms with Gasteiger partial charge >= 0.3 is 23.9 Å². The Labute approximate surface area is 186 Å². The highest BCUT2D eigenvalue weighted by Gasteiger charge is 2.18. The van der Waals surface area contributed by atoms with Gasteiger partial charge < -0.3 is 20.4 Å². The molecule has 12 nitrogen and oxygen atoms in total. The summed E-state index contributed by atoms with van der Waals surface area (Å²) in [6.45, 7) is 1.34. The van der Waals surface area contributed by atoms with E-state index in [1.807, 2.05) is 0 Å². The largest absolute Gasteiger partial charge is 0.478 e. The Morgan fingerprint density at radius 1 is 0.818 bits per heavy atom. The van der Waals surface area contributed by atoms with Gasteiger partial charge in [-0.05, 0) is 48.9 Å². The molecule has 2 aromatic carbocycles. The molecule has 1 amide bonds. The van der Waals surface area contributed by atoms with Gasteiger partial charge in [0.05, 0.1) is 34.4 Å². The summed E-state index contributed by atoms with van der Waals surface area (Å²) in [5.74, 6) is 1.61. The molecule has 7 N–H and O–H groups in total. The summed E-state index contributed by atoms with van der Waals surface area (Å²) in [7, 11) is 0. The van der Waals surface area contributed by atoms with Crippen molar-refractivity contribution in [2.75, 3.05) is 0 Å². The van der Waals surface area contributed by atoms with Crippen molar-refractivity contribution in [1.82, 2.24) is 5.32 Å². The Hall–Kier alpha value is -4.73. The highest BCUT2D eigenvalue weighted by molar-refractivity contribution is 6.07. The molecule has 172 valence electrons. The van der Waals surface area contributed by atoms with Gasteiger partial charge in [-0.2, -0.15) is 0 Å². The number of hydrogen-bond donors (Lipinski definition) is 6. The maximum atomic E-state index is 11.6. The Morgan fingerprint density at radius 2 is 1.33 bits per heavy atom. The average molecular weight is 458 g/mol. The van der Waals surface area contributed by atoms with Gasteiger partial charge in [0.15, 0.2) is 0 Å². The number of carbonyl (C=O) groups excluding carboxylic acids is 1. The molecule has 2 rings (SSSR count). The van der Waals surface area contributed by atoms with Crippen molar-refractivity contribution in [3.63, 3.8) is 0 Å². The number of carboxylic acids is 4. The van der Waals surface area contributed by atoms with Crippen LogP contribution in [0.5, 0.6) is 0 Å². The molecule has 0 saturated carbocycles. The van der Waals surface area contributed by atoms with Gasteiger partial charge in [0.1, 0.15) is 0 Å². The number of hydrogen-bond acceptors (Lipinski definition) is 7. The van der Waals surface area contributed by atoms with Crippen LogP contribution in [0, 0.1) is 12.0 Å². The first kappa shape index (κ1) is 26.3. The molecule has 0 radical (unpaired) electrons. The molecular formula is C21H18N2O10. The second-order valence-corrected chi connectivity index (χ2v) is 5.99. The number of nitrogens with one attached hydrogen (secondary N) is 1. The van der Waals surface area contributed by atoms with Crippen molar-refractivity contribution in [2.45, 2.75) is 13.5 Å². The topological polar surface area (TPSA) is 214 Å². The van der Waals surface area contributed by atoms with Crippen LogP contribution in [-0.4, -0.2) is 50.2 Å². The molecular weight excluding hydrogens is 440 g/mol. The van der Waals surface area contributed by atoms with Crippen molar-refractivity contribution in [1.29, 1.82) is 0 Å². The first-order valence-electron chi connectivity index (χ1n) is 8.77. The average Bonchev–Trinajstić information content (AvgIpc) is 2.77. The maximum Gasteiger partial charge on any atom is 0.336 e. The maximum absolute atomic E-state index is 11.6. The molecule has 0 aliphatic carbocycles. The van der Waals surface area contributed by atoms with Crippen LogP contribution in [0.1, 0.15) is 64.3 Å². The Balaban J connectivity index is 0.000000335. The molecule has 0 aromatic heterocycles. The fourth-order valence-electron chi connectivity index (χ4n) is 2.38. The van der Waals surface area contributed by atoms with Gasteiger partial charge in [-0.1, -0.05) is 5.92 Å². The summed E-state index contributed by atoms with van der Waals surface area (Å²) in [6.07, 6.45) is 0. The third kappa shape index (κ3) is 7.47. The number of rotatable bonds is 7. The number of carboxylic acid groups (broad SMARTS) is 4. The van der Waals surface area contributed by atoms with E-state index in [-0.39, 0.29) is 40.0 Å². The zero-order valence-corrected chi connectivity index (χ0v) is 17.0. The first-order chi connectivity index (χ1) is 15.5. The quantitative estimate of drug-likeness (QED) is 0.197. The van der Waals surface area contributed by atoms with Crippen molar-refractivity contribution < 1.29 is 49.2 Å². The van der Waals surface area contributed by atoms with Crippen LogP contribution >= 0.6 is 0 Å². The molecule has 0 aliphatic rings. The SMILES string of the molecule is CC#CNC(=O)c1cc(C(=O)O)ccc1C(=O)O.NOCc1cc(C(=O)O)ccc1C(=O)O. The van der Waals surface area contributed by atoms with Crippen molar-refractivity contribution in [2.24, 2.45) is 5.90 Å². The molecule has 12 heteroatoms. The molecule has 0 unspecified atom stereocenters. The van der Waals surface area contributed by atoms with Crippen LogP contribution in [0.25, 0.3) is 0 Å². The fourth-order valence-corrected chi connectivity index (χ4v) is 2.38. The molecule has 0 saturated heterocycles. The summed E-state index contributed by atoms with van der Waals surface area (Å²) in [5.41, 5.74) is -0.502. The molecule has 0 heterocycles. The highest BCUT2D eigenvalue weighted by atomic mass is 16.6. The van der Waals surface area contributed by atoms with E-state index in [2.05, 4.69) is 22.1 Å². The minimum Gasteiger partial charge on any atom is -0.478 e. The smallest absolute Gasteiger partial charge is 0.336 e. The fraction of sp³-hybridized carbons (Fsp3) is 0.0952. The number of benzene rings is 2. The molecule has 0 fully saturated rings. The van der Waals surface area contributed by atoms with E-state index in [0.29, 0.717) is 0 Å².